The van der Waals surface area contributed by atoms with Crippen LogP contribution in [0, 0.1) is 10.1 Å². The molecule has 0 unspecified atom stereocenters. The summed E-state index contributed by atoms with van der Waals surface area (Å²) in [5.41, 5.74) is -0.130. The van der Waals surface area contributed by atoms with Gasteiger partial charge in [0, 0.05) is 6.07 Å². The van der Waals surface area contributed by atoms with Crippen LogP contribution in [0.4, 0.5) is 5.69 Å². The number of furan rings is 1. The molecule has 0 saturated heterocycles. The zero-order valence-corrected chi connectivity index (χ0v) is 11.3. The molecule has 0 saturated carbocycles. The Bertz CT molecular complexity index is 648. The van der Waals surface area contributed by atoms with Crippen LogP contribution in [0.5, 0.6) is 5.75 Å². The van der Waals surface area contributed by atoms with Crippen molar-refractivity contribution in [3.8, 4) is 5.75 Å². The van der Waals surface area contributed by atoms with E-state index < -0.39 is 10.9 Å². The highest BCUT2D eigenvalue weighted by Gasteiger charge is 2.16. The number of para-hydroxylation sites is 2. The van der Waals surface area contributed by atoms with Gasteiger partial charge in [-0.25, -0.2) is 4.79 Å². The minimum absolute atomic E-state index is 0.0236. The zero-order chi connectivity index (χ0) is 15.2. The number of rotatable bonds is 6. The van der Waals surface area contributed by atoms with E-state index in [1.807, 2.05) is 0 Å². The topological polar surface area (TPSA) is 91.8 Å². The second kappa shape index (κ2) is 6.56. The van der Waals surface area contributed by atoms with E-state index in [1.165, 1.54) is 18.2 Å². The molecule has 110 valence electrons. The first kappa shape index (κ1) is 14.6. The highest BCUT2D eigenvalue weighted by molar-refractivity contribution is 5.86. The van der Waals surface area contributed by atoms with E-state index in [2.05, 4.69) is 0 Å². The molecule has 1 heterocycles. The number of hydrogen-bond acceptors (Lipinski definition) is 6. The number of carbonyl (C=O) groups excluding carboxylic acids is 1. The molecule has 0 spiro atoms. The molecule has 1 aromatic carbocycles. The maximum absolute atomic E-state index is 11.4. The predicted octanol–water partition coefficient (Wildman–Crippen LogP) is 2.94. The number of nitro benzene ring substituents is 1. The lowest BCUT2D eigenvalue weighted by Gasteiger charge is -2.04. The van der Waals surface area contributed by atoms with Crippen LogP contribution in [0.25, 0.3) is 0 Å². The summed E-state index contributed by atoms with van der Waals surface area (Å²) in [5, 5.41) is 10.8. The van der Waals surface area contributed by atoms with Crippen molar-refractivity contribution < 1.29 is 23.6 Å². The molecule has 0 amide bonds. The molecule has 1 aromatic heterocycles. The van der Waals surface area contributed by atoms with Crippen molar-refractivity contribution in [1.29, 1.82) is 0 Å². The van der Waals surface area contributed by atoms with Crippen LogP contribution in [0.15, 0.2) is 40.8 Å². The summed E-state index contributed by atoms with van der Waals surface area (Å²) in [6.45, 7) is 1.92. The Hall–Kier alpha value is -2.83. The van der Waals surface area contributed by atoms with E-state index in [4.69, 9.17) is 13.9 Å². The van der Waals surface area contributed by atoms with Gasteiger partial charge >= 0.3 is 11.7 Å². The van der Waals surface area contributed by atoms with E-state index in [9.17, 15) is 14.9 Å². The number of benzene rings is 1. The van der Waals surface area contributed by atoms with Crippen LogP contribution >= 0.6 is 0 Å². The van der Waals surface area contributed by atoms with Crippen LogP contribution in [-0.4, -0.2) is 17.5 Å². The van der Waals surface area contributed by atoms with E-state index in [0.717, 1.165) is 0 Å². The summed E-state index contributed by atoms with van der Waals surface area (Å²) in [6.07, 6.45) is 0. The van der Waals surface area contributed by atoms with Gasteiger partial charge in [-0.15, -0.1) is 0 Å². The third-order valence-corrected chi connectivity index (χ3v) is 2.57. The van der Waals surface area contributed by atoms with Crippen molar-refractivity contribution >= 4 is 11.7 Å². The lowest BCUT2D eigenvalue weighted by molar-refractivity contribution is -0.386. The Morgan fingerprint density at radius 3 is 2.76 bits per heavy atom. The Labute approximate surface area is 120 Å². The quantitative estimate of drug-likeness (QED) is 0.461. The fraction of sp³-hybridized carbons (Fsp3) is 0.214. The molecule has 0 N–H and O–H groups in total. The Morgan fingerprint density at radius 2 is 2.05 bits per heavy atom. The average molecular weight is 291 g/mol. The number of carbonyl (C=O) groups is 1. The monoisotopic (exact) mass is 291 g/mol. The molecule has 0 aliphatic heterocycles. The summed E-state index contributed by atoms with van der Waals surface area (Å²) < 4.78 is 15.4. The standard InChI is InChI=1S/C14H13NO6/c1-2-19-14(16)13-8-7-10(21-13)9-20-12-6-4-3-5-11(12)15(17)18/h3-8H,2,9H2,1H3. The van der Waals surface area contributed by atoms with Crippen LogP contribution in [0.3, 0.4) is 0 Å². The molecular formula is C14H13NO6. The third kappa shape index (κ3) is 3.59. The maximum atomic E-state index is 11.4. The summed E-state index contributed by atoms with van der Waals surface area (Å²) in [6, 6.07) is 9.05. The predicted molar refractivity (Wildman–Crippen MR) is 72.1 cm³/mol. The summed E-state index contributed by atoms with van der Waals surface area (Å²) >= 11 is 0. The second-order valence-corrected chi connectivity index (χ2v) is 4.00. The van der Waals surface area contributed by atoms with Gasteiger partial charge in [-0.05, 0) is 25.1 Å². The Morgan fingerprint density at radius 1 is 1.29 bits per heavy atom. The fourth-order valence-corrected chi connectivity index (χ4v) is 1.65. The largest absolute Gasteiger partial charge is 0.479 e. The first-order valence-electron chi connectivity index (χ1n) is 6.24. The fourth-order valence-electron chi connectivity index (χ4n) is 1.65. The first-order valence-corrected chi connectivity index (χ1v) is 6.24. The molecule has 21 heavy (non-hydrogen) atoms. The Kier molecular flexibility index (Phi) is 4.55. The van der Waals surface area contributed by atoms with Gasteiger partial charge < -0.3 is 13.9 Å². The van der Waals surface area contributed by atoms with Gasteiger partial charge in [0.15, 0.2) is 5.75 Å². The number of esters is 1. The molecule has 0 aliphatic rings. The van der Waals surface area contributed by atoms with E-state index >= 15 is 0 Å². The van der Waals surface area contributed by atoms with Crippen LogP contribution < -0.4 is 4.74 Å². The highest BCUT2D eigenvalue weighted by atomic mass is 16.6. The van der Waals surface area contributed by atoms with Gasteiger partial charge in [0.05, 0.1) is 11.5 Å². The number of nitro groups is 1. The summed E-state index contributed by atoms with van der Waals surface area (Å²) in [4.78, 5) is 21.7. The average Bonchev–Trinajstić information content (AvgIpc) is 2.94. The lowest BCUT2D eigenvalue weighted by Crippen LogP contribution is -2.03. The van der Waals surface area contributed by atoms with Gasteiger partial charge in [-0.2, -0.15) is 0 Å². The molecular weight excluding hydrogens is 278 g/mol. The number of hydrogen-bond donors (Lipinski definition) is 0. The second-order valence-electron chi connectivity index (χ2n) is 4.00. The van der Waals surface area contributed by atoms with Gasteiger partial charge in [-0.3, -0.25) is 10.1 Å². The molecule has 7 heteroatoms. The minimum Gasteiger partial charge on any atom is -0.479 e. The van der Waals surface area contributed by atoms with Crippen LogP contribution in [0.1, 0.15) is 23.2 Å². The van der Waals surface area contributed by atoms with Gasteiger partial charge in [0.2, 0.25) is 5.76 Å². The van der Waals surface area contributed by atoms with Crippen molar-refractivity contribution in [1.82, 2.24) is 0 Å². The summed E-state index contributed by atoms with van der Waals surface area (Å²) in [7, 11) is 0. The molecule has 2 rings (SSSR count). The minimum atomic E-state index is -0.561. The van der Waals surface area contributed by atoms with Gasteiger partial charge in [0.1, 0.15) is 12.4 Å². The van der Waals surface area contributed by atoms with Crippen LogP contribution in [0.2, 0.25) is 0 Å². The van der Waals surface area contributed by atoms with E-state index in [-0.39, 0.29) is 30.4 Å². The molecule has 0 aliphatic carbocycles. The van der Waals surface area contributed by atoms with Crippen molar-refractivity contribution in [2.24, 2.45) is 0 Å². The third-order valence-electron chi connectivity index (χ3n) is 2.57. The maximum Gasteiger partial charge on any atom is 0.374 e. The molecule has 0 atom stereocenters. The lowest BCUT2D eigenvalue weighted by atomic mass is 10.3. The number of ether oxygens (including phenoxy) is 2. The van der Waals surface area contributed by atoms with Crippen molar-refractivity contribution in [2.45, 2.75) is 13.5 Å². The highest BCUT2D eigenvalue weighted by Crippen LogP contribution is 2.26. The molecule has 2 aromatic rings. The van der Waals surface area contributed by atoms with Crippen molar-refractivity contribution in [2.75, 3.05) is 6.61 Å². The van der Waals surface area contributed by atoms with E-state index in [1.54, 1.807) is 25.1 Å². The van der Waals surface area contributed by atoms with Gasteiger partial charge in [0.25, 0.3) is 0 Å². The molecule has 0 bridgehead atoms. The SMILES string of the molecule is CCOC(=O)c1ccc(COc2ccccc2[N+](=O)[O-])o1. The molecule has 0 fully saturated rings. The Balaban J connectivity index is 2.04. The normalized spacial score (nSPS) is 10.1. The molecule has 0 radical (unpaired) electrons. The van der Waals surface area contributed by atoms with Gasteiger partial charge in [-0.1, -0.05) is 12.1 Å². The van der Waals surface area contributed by atoms with Crippen molar-refractivity contribution in [3.05, 3.63) is 58.0 Å². The smallest absolute Gasteiger partial charge is 0.374 e. The van der Waals surface area contributed by atoms with E-state index in [0.29, 0.717) is 5.76 Å². The van der Waals surface area contributed by atoms with Crippen molar-refractivity contribution in [3.63, 3.8) is 0 Å². The first-order chi connectivity index (χ1) is 10.1. The molecule has 7 nitrogen and oxygen atoms in total. The number of nitrogens with zero attached hydrogens (tertiary/aromatic N) is 1. The zero-order valence-electron chi connectivity index (χ0n) is 11.3. The van der Waals surface area contributed by atoms with Crippen LogP contribution in [-0.2, 0) is 11.3 Å². The summed E-state index contributed by atoms with van der Waals surface area (Å²) in [5.74, 6) is 0.0141.